The van der Waals surface area contributed by atoms with E-state index in [1.807, 2.05) is 0 Å². The lowest BCUT2D eigenvalue weighted by Gasteiger charge is -2.36. The Labute approximate surface area is 192 Å². The molecule has 10 nitrogen and oxygen atoms in total. The van der Waals surface area contributed by atoms with Crippen molar-refractivity contribution in [3.63, 3.8) is 0 Å². The maximum atomic E-state index is 16.4. The summed E-state index contributed by atoms with van der Waals surface area (Å²) >= 11 is 6.08. The molecule has 174 valence electrons. The number of nitrogens with two attached hydrogens (primary N) is 1. The first-order valence-corrected chi connectivity index (χ1v) is 10.3. The Bertz CT molecular complexity index is 1220. The molecule has 1 saturated heterocycles. The SMILES string of the molecule is CC(=O)O[C@]1(C)[C@@H](COC(=O)c2ccccc2)O[C@@H](n2cnc3c(Cl)nc(N)nc32)[C@]1(C)F. The van der Waals surface area contributed by atoms with E-state index in [9.17, 15) is 9.59 Å². The number of nitrogens with zero attached hydrogens (tertiary/aromatic N) is 4. The van der Waals surface area contributed by atoms with Crippen LogP contribution >= 0.6 is 11.6 Å². The number of esters is 2. The highest BCUT2D eigenvalue weighted by Crippen LogP contribution is 2.51. The fraction of sp³-hybridized carbons (Fsp3) is 0.381. The van der Waals surface area contributed by atoms with Gasteiger partial charge < -0.3 is 19.9 Å². The third kappa shape index (κ3) is 3.87. The summed E-state index contributed by atoms with van der Waals surface area (Å²) in [7, 11) is 0. The van der Waals surface area contributed by atoms with E-state index in [1.165, 1.54) is 24.7 Å². The second kappa shape index (κ2) is 8.23. The molecule has 1 fully saturated rings. The van der Waals surface area contributed by atoms with E-state index < -0.39 is 35.5 Å². The molecule has 0 bridgehead atoms. The van der Waals surface area contributed by atoms with Crippen LogP contribution in [0.3, 0.4) is 0 Å². The highest BCUT2D eigenvalue weighted by molar-refractivity contribution is 6.33. The third-order valence-electron chi connectivity index (χ3n) is 5.72. The third-order valence-corrected chi connectivity index (χ3v) is 5.99. The molecule has 0 aliphatic carbocycles. The van der Waals surface area contributed by atoms with Crippen LogP contribution in [0.2, 0.25) is 5.15 Å². The summed E-state index contributed by atoms with van der Waals surface area (Å²) in [5.41, 5.74) is 2.21. The number of rotatable bonds is 5. The van der Waals surface area contributed by atoms with E-state index in [0.29, 0.717) is 5.56 Å². The molecule has 1 aliphatic heterocycles. The van der Waals surface area contributed by atoms with Gasteiger partial charge in [0.05, 0.1) is 11.9 Å². The van der Waals surface area contributed by atoms with Crippen molar-refractivity contribution in [3.8, 4) is 0 Å². The number of anilines is 1. The average Bonchev–Trinajstić information content (AvgIpc) is 3.24. The molecule has 0 amide bonds. The highest BCUT2D eigenvalue weighted by atomic mass is 35.5. The predicted octanol–water partition coefficient (Wildman–Crippen LogP) is 2.87. The minimum Gasteiger partial charge on any atom is -0.459 e. The first kappa shape index (κ1) is 22.9. The molecule has 3 aromatic rings. The van der Waals surface area contributed by atoms with Crippen LogP contribution in [0.5, 0.6) is 0 Å². The van der Waals surface area contributed by atoms with Gasteiger partial charge in [-0.05, 0) is 26.0 Å². The van der Waals surface area contributed by atoms with E-state index in [0.717, 1.165) is 6.92 Å². The van der Waals surface area contributed by atoms with E-state index in [2.05, 4.69) is 15.0 Å². The van der Waals surface area contributed by atoms with Crippen molar-refractivity contribution in [1.82, 2.24) is 19.5 Å². The number of alkyl halides is 1. The number of hydrogen-bond donors (Lipinski definition) is 1. The first-order chi connectivity index (χ1) is 15.5. The van der Waals surface area contributed by atoms with Crippen LogP contribution < -0.4 is 5.73 Å². The van der Waals surface area contributed by atoms with E-state index >= 15 is 4.39 Å². The van der Waals surface area contributed by atoms with Gasteiger partial charge in [0.1, 0.15) is 18.2 Å². The van der Waals surface area contributed by atoms with Gasteiger partial charge in [0.15, 0.2) is 28.3 Å². The van der Waals surface area contributed by atoms with Gasteiger partial charge in [-0.2, -0.15) is 9.97 Å². The summed E-state index contributed by atoms with van der Waals surface area (Å²) in [5.74, 6) is -1.49. The molecule has 0 radical (unpaired) electrons. The van der Waals surface area contributed by atoms with E-state index in [1.54, 1.807) is 30.3 Å². The van der Waals surface area contributed by atoms with Crippen LogP contribution in [0, 0.1) is 0 Å². The van der Waals surface area contributed by atoms with Gasteiger partial charge in [-0.1, -0.05) is 29.8 Å². The van der Waals surface area contributed by atoms with Crippen LogP contribution in [-0.4, -0.2) is 55.4 Å². The molecule has 2 N–H and O–H groups in total. The molecule has 0 unspecified atom stereocenters. The Balaban J connectivity index is 1.69. The monoisotopic (exact) mass is 477 g/mol. The number of fused-ring (bicyclic) bond motifs is 1. The molecule has 0 saturated carbocycles. The first-order valence-electron chi connectivity index (χ1n) is 9.96. The van der Waals surface area contributed by atoms with Crippen molar-refractivity contribution in [3.05, 3.63) is 47.4 Å². The topological polar surface area (TPSA) is 131 Å². The molecule has 4 rings (SSSR count). The molecular formula is C21H21ClFN5O5. The number of nitrogen functional groups attached to an aromatic ring is 1. The van der Waals surface area contributed by atoms with Crippen LogP contribution in [0.15, 0.2) is 36.7 Å². The minimum absolute atomic E-state index is 0.00843. The molecule has 1 aromatic carbocycles. The van der Waals surface area contributed by atoms with Crippen LogP contribution in [0.25, 0.3) is 11.2 Å². The van der Waals surface area contributed by atoms with Gasteiger partial charge in [0, 0.05) is 6.92 Å². The Hall–Kier alpha value is -3.31. The lowest BCUT2D eigenvalue weighted by Crippen LogP contribution is -2.55. The quantitative estimate of drug-likeness (QED) is 0.435. The Kier molecular flexibility index (Phi) is 5.71. The maximum absolute atomic E-state index is 16.4. The lowest BCUT2D eigenvalue weighted by atomic mass is 9.84. The summed E-state index contributed by atoms with van der Waals surface area (Å²) in [4.78, 5) is 36.3. The number of carbonyl (C=O) groups is 2. The second-order valence-electron chi connectivity index (χ2n) is 7.91. The number of benzene rings is 1. The smallest absolute Gasteiger partial charge is 0.338 e. The molecular weight excluding hydrogens is 457 g/mol. The van der Waals surface area contributed by atoms with Gasteiger partial charge in [-0.3, -0.25) is 9.36 Å². The molecule has 4 atom stereocenters. The van der Waals surface area contributed by atoms with Gasteiger partial charge in [-0.25, -0.2) is 14.2 Å². The van der Waals surface area contributed by atoms with Crippen molar-refractivity contribution in [2.45, 2.75) is 44.4 Å². The normalized spacial score (nSPS) is 26.9. The zero-order valence-corrected chi connectivity index (χ0v) is 18.7. The molecule has 33 heavy (non-hydrogen) atoms. The van der Waals surface area contributed by atoms with Crippen molar-refractivity contribution >= 4 is 40.7 Å². The zero-order valence-electron chi connectivity index (χ0n) is 18.0. The van der Waals surface area contributed by atoms with Gasteiger partial charge in [0.2, 0.25) is 5.95 Å². The van der Waals surface area contributed by atoms with Crippen molar-refractivity contribution in [1.29, 1.82) is 0 Å². The summed E-state index contributed by atoms with van der Waals surface area (Å²) in [6, 6.07) is 8.28. The average molecular weight is 478 g/mol. The fourth-order valence-electron chi connectivity index (χ4n) is 3.84. The summed E-state index contributed by atoms with van der Waals surface area (Å²) in [5, 5.41) is -0.00843. The fourth-order valence-corrected chi connectivity index (χ4v) is 4.06. The summed E-state index contributed by atoms with van der Waals surface area (Å²) in [6.45, 7) is 3.38. The number of ether oxygens (including phenoxy) is 3. The number of aromatic nitrogens is 4. The van der Waals surface area contributed by atoms with Crippen LogP contribution in [0.4, 0.5) is 10.3 Å². The standard InChI is InChI=1S/C21H21ClFN5O5/c1-11(29)33-21(3)13(9-31-17(30)12-7-5-4-6-8-12)32-18(20(21,2)23)28-10-25-14-15(22)26-19(24)27-16(14)28/h4-8,10,13,18H,9H2,1-3H3,(H2,24,26,27)/t13-,18-,20+,21-/m1/s1. The van der Waals surface area contributed by atoms with E-state index in [4.69, 9.17) is 31.5 Å². The summed E-state index contributed by atoms with van der Waals surface area (Å²) < 4.78 is 34.4. The highest BCUT2D eigenvalue weighted by Gasteiger charge is 2.66. The Morgan fingerprint density at radius 3 is 2.64 bits per heavy atom. The molecule has 2 aromatic heterocycles. The predicted molar refractivity (Wildman–Crippen MR) is 115 cm³/mol. The van der Waals surface area contributed by atoms with E-state index in [-0.39, 0.29) is 28.9 Å². The van der Waals surface area contributed by atoms with Crippen LogP contribution in [0.1, 0.15) is 37.4 Å². The van der Waals surface area contributed by atoms with Gasteiger partial charge in [-0.15, -0.1) is 0 Å². The van der Waals surface area contributed by atoms with Gasteiger partial charge >= 0.3 is 11.9 Å². The van der Waals surface area contributed by atoms with Crippen molar-refractivity contribution in [2.75, 3.05) is 12.3 Å². The lowest BCUT2D eigenvalue weighted by molar-refractivity contribution is -0.175. The molecule has 12 heteroatoms. The molecule has 0 spiro atoms. The largest absolute Gasteiger partial charge is 0.459 e. The molecule has 3 heterocycles. The second-order valence-corrected chi connectivity index (χ2v) is 8.27. The zero-order chi connectivity index (χ0) is 24.0. The Morgan fingerprint density at radius 1 is 1.27 bits per heavy atom. The Morgan fingerprint density at radius 2 is 1.97 bits per heavy atom. The van der Waals surface area contributed by atoms with Crippen molar-refractivity contribution in [2.24, 2.45) is 0 Å². The maximum Gasteiger partial charge on any atom is 0.338 e. The number of hydrogen-bond acceptors (Lipinski definition) is 9. The van der Waals surface area contributed by atoms with Crippen molar-refractivity contribution < 1.29 is 28.2 Å². The molecule has 1 aliphatic rings. The number of imidazole rings is 1. The minimum atomic E-state index is -2.30. The van der Waals surface area contributed by atoms with Gasteiger partial charge in [0.25, 0.3) is 0 Å². The number of halogens is 2. The summed E-state index contributed by atoms with van der Waals surface area (Å²) in [6.07, 6.45) is -1.24. The van der Waals surface area contributed by atoms with Crippen LogP contribution in [-0.2, 0) is 19.0 Å². The number of carbonyl (C=O) groups excluding carboxylic acids is 2.